The van der Waals surface area contributed by atoms with Gasteiger partial charge in [0.2, 0.25) is 0 Å². The first-order valence-electron chi connectivity index (χ1n) is 8.32. The molecular formula is C17H27N3O. The zero-order valence-electron chi connectivity index (χ0n) is 13.0. The summed E-state index contributed by atoms with van der Waals surface area (Å²) in [5.74, 6) is 2.21. The molecule has 1 unspecified atom stereocenters. The zero-order chi connectivity index (χ0) is 14.7. The highest BCUT2D eigenvalue weighted by molar-refractivity contribution is 5.43. The van der Waals surface area contributed by atoms with Gasteiger partial charge < -0.3 is 15.3 Å². The number of rotatable bonds is 3. The average molecular weight is 289 g/mol. The van der Waals surface area contributed by atoms with Crippen LogP contribution in [0.1, 0.15) is 42.9 Å². The average Bonchev–Trinajstić information content (AvgIpc) is 2.55. The molecule has 1 aromatic heterocycles. The molecule has 2 N–H and O–H groups in total. The van der Waals surface area contributed by atoms with Crippen molar-refractivity contribution in [2.45, 2.75) is 38.5 Å². The predicted molar refractivity (Wildman–Crippen MR) is 85.8 cm³/mol. The molecule has 2 fully saturated rings. The van der Waals surface area contributed by atoms with Crippen LogP contribution in [0, 0.1) is 12.8 Å². The van der Waals surface area contributed by atoms with Crippen molar-refractivity contribution in [2.75, 3.05) is 37.7 Å². The number of anilines is 1. The summed E-state index contributed by atoms with van der Waals surface area (Å²) in [5, 5.41) is 12.7. The Balaban J connectivity index is 1.69. The highest BCUT2D eigenvalue weighted by Gasteiger charge is 2.21. The Hall–Kier alpha value is -1.13. The minimum absolute atomic E-state index is 0.327. The first-order chi connectivity index (χ1) is 10.3. The van der Waals surface area contributed by atoms with Gasteiger partial charge in [-0.15, -0.1) is 0 Å². The molecule has 2 saturated heterocycles. The molecule has 3 heterocycles. The zero-order valence-corrected chi connectivity index (χ0v) is 13.0. The maximum Gasteiger partial charge on any atom is 0.128 e. The maximum absolute atomic E-state index is 9.23. The molecular weight excluding hydrogens is 262 g/mol. The van der Waals surface area contributed by atoms with Crippen LogP contribution in [0.25, 0.3) is 0 Å². The second kappa shape index (κ2) is 6.75. The molecule has 4 nitrogen and oxygen atoms in total. The van der Waals surface area contributed by atoms with Crippen LogP contribution in [0.15, 0.2) is 12.1 Å². The van der Waals surface area contributed by atoms with Gasteiger partial charge in [-0.25, -0.2) is 4.98 Å². The first-order valence-corrected chi connectivity index (χ1v) is 8.32. The van der Waals surface area contributed by atoms with Crippen LogP contribution in [-0.4, -0.2) is 42.9 Å². The summed E-state index contributed by atoms with van der Waals surface area (Å²) in [5.41, 5.74) is 2.60. The first kappa shape index (κ1) is 14.8. The normalized spacial score (nSPS) is 24.3. The molecule has 0 spiro atoms. The van der Waals surface area contributed by atoms with Gasteiger partial charge >= 0.3 is 0 Å². The van der Waals surface area contributed by atoms with E-state index < -0.39 is 0 Å². The summed E-state index contributed by atoms with van der Waals surface area (Å²) in [6, 6.07) is 4.48. The molecule has 21 heavy (non-hydrogen) atoms. The van der Waals surface area contributed by atoms with Gasteiger partial charge in [-0.2, -0.15) is 0 Å². The molecule has 0 radical (unpaired) electrons. The van der Waals surface area contributed by atoms with E-state index in [0.717, 1.165) is 44.8 Å². The summed E-state index contributed by atoms with van der Waals surface area (Å²) in [4.78, 5) is 7.22. The Morgan fingerprint density at radius 1 is 1.29 bits per heavy atom. The van der Waals surface area contributed by atoms with E-state index in [-0.39, 0.29) is 0 Å². The fourth-order valence-corrected chi connectivity index (χ4v) is 3.63. The summed E-state index contributed by atoms with van der Waals surface area (Å²) in [6.45, 7) is 6.75. The van der Waals surface area contributed by atoms with Crippen molar-refractivity contribution in [1.29, 1.82) is 0 Å². The molecule has 4 heteroatoms. The third kappa shape index (κ3) is 3.38. The second-order valence-electron chi connectivity index (χ2n) is 6.50. The van der Waals surface area contributed by atoms with Crippen molar-refractivity contribution >= 4 is 5.82 Å². The smallest absolute Gasteiger partial charge is 0.128 e. The maximum atomic E-state index is 9.23. The van der Waals surface area contributed by atoms with Gasteiger partial charge in [0.15, 0.2) is 0 Å². The number of aromatic nitrogens is 1. The van der Waals surface area contributed by atoms with Gasteiger partial charge in [-0.1, -0.05) is 6.07 Å². The monoisotopic (exact) mass is 289 g/mol. The van der Waals surface area contributed by atoms with Crippen molar-refractivity contribution in [3.8, 4) is 0 Å². The standard InChI is InChI=1S/C17H27N3O/c1-13-16(15-3-2-8-18-11-15)4-5-17(19-13)20-9-6-14(12-21)7-10-20/h4-5,14-15,18,21H,2-3,6-12H2,1H3. The number of hydrogen-bond donors (Lipinski definition) is 2. The Kier molecular flexibility index (Phi) is 4.76. The SMILES string of the molecule is Cc1nc(N2CCC(CO)CC2)ccc1C1CCCNC1. The third-order valence-corrected chi connectivity index (χ3v) is 5.05. The molecule has 3 rings (SSSR count). The Morgan fingerprint density at radius 3 is 2.71 bits per heavy atom. The molecule has 0 amide bonds. The van der Waals surface area contributed by atoms with E-state index in [4.69, 9.17) is 4.98 Å². The van der Waals surface area contributed by atoms with Gasteiger partial charge in [0.1, 0.15) is 5.82 Å². The lowest BCUT2D eigenvalue weighted by Crippen LogP contribution is -2.35. The highest BCUT2D eigenvalue weighted by Crippen LogP contribution is 2.28. The van der Waals surface area contributed by atoms with E-state index in [2.05, 4.69) is 29.3 Å². The van der Waals surface area contributed by atoms with Gasteiger partial charge in [-0.05, 0) is 62.6 Å². The number of nitrogens with zero attached hydrogens (tertiary/aromatic N) is 2. The molecule has 0 aromatic carbocycles. The van der Waals surface area contributed by atoms with Crippen LogP contribution in [0.4, 0.5) is 5.82 Å². The van der Waals surface area contributed by atoms with Crippen molar-refractivity contribution in [1.82, 2.24) is 10.3 Å². The Morgan fingerprint density at radius 2 is 2.10 bits per heavy atom. The lowest BCUT2D eigenvalue weighted by atomic mass is 9.90. The lowest BCUT2D eigenvalue weighted by molar-refractivity contribution is 0.203. The number of aryl methyl sites for hydroxylation is 1. The summed E-state index contributed by atoms with van der Waals surface area (Å²) in [7, 11) is 0. The van der Waals surface area contributed by atoms with Crippen molar-refractivity contribution in [2.24, 2.45) is 5.92 Å². The molecule has 0 bridgehead atoms. The van der Waals surface area contributed by atoms with Crippen molar-refractivity contribution in [3.05, 3.63) is 23.4 Å². The van der Waals surface area contributed by atoms with Crippen LogP contribution in [0.2, 0.25) is 0 Å². The topological polar surface area (TPSA) is 48.4 Å². The number of hydrogen-bond acceptors (Lipinski definition) is 4. The summed E-state index contributed by atoms with van der Waals surface area (Å²) >= 11 is 0. The molecule has 1 atom stereocenters. The minimum atomic E-state index is 0.327. The van der Waals surface area contributed by atoms with E-state index >= 15 is 0 Å². The molecule has 116 valence electrons. The largest absolute Gasteiger partial charge is 0.396 e. The Labute approximate surface area is 127 Å². The number of nitrogens with one attached hydrogen (secondary N) is 1. The molecule has 2 aliphatic rings. The van der Waals surface area contributed by atoms with Crippen LogP contribution in [0.5, 0.6) is 0 Å². The fraction of sp³-hybridized carbons (Fsp3) is 0.706. The van der Waals surface area contributed by atoms with Crippen molar-refractivity contribution < 1.29 is 5.11 Å². The fourth-order valence-electron chi connectivity index (χ4n) is 3.63. The quantitative estimate of drug-likeness (QED) is 0.894. The van der Waals surface area contributed by atoms with Crippen LogP contribution in [0.3, 0.4) is 0 Å². The lowest BCUT2D eigenvalue weighted by Gasteiger charge is -2.32. The molecule has 0 aliphatic carbocycles. The van der Waals surface area contributed by atoms with E-state index in [1.165, 1.54) is 24.1 Å². The van der Waals surface area contributed by atoms with Crippen LogP contribution < -0.4 is 10.2 Å². The molecule has 0 saturated carbocycles. The highest BCUT2D eigenvalue weighted by atomic mass is 16.3. The van der Waals surface area contributed by atoms with Crippen LogP contribution >= 0.6 is 0 Å². The van der Waals surface area contributed by atoms with Gasteiger partial charge in [0.25, 0.3) is 0 Å². The van der Waals surface area contributed by atoms with E-state index in [1.54, 1.807) is 0 Å². The number of aliphatic hydroxyl groups is 1. The number of pyridine rings is 1. The molecule has 1 aromatic rings. The number of aliphatic hydroxyl groups excluding tert-OH is 1. The van der Waals surface area contributed by atoms with E-state index in [1.807, 2.05) is 0 Å². The number of piperidine rings is 2. The van der Waals surface area contributed by atoms with E-state index in [0.29, 0.717) is 18.4 Å². The van der Waals surface area contributed by atoms with Gasteiger partial charge in [0.05, 0.1) is 0 Å². The van der Waals surface area contributed by atoms with Crippen LogP contribution in [-0.2, 0) is 0 Å². The van der Waals surface area contributed by atoms with Crippen molar-refractivity contribution in [3.63, 3.8) is 0 Å². The second-order valence-corrected chi connectivity index (χ2v) is 6.50. The summed E-state index contributed by atoms with van der Waals surface area (Å²) in [6.07, 6.45) is 4.69. The third-order valence-electron chi connectivity index (χ3n) is 5.05. The molecule has 2 aliphatic heterocycles. The van der Waals surface area contributed by atoms with E-state index in [9.17, 15) is 5.11 Å². The Bertz CT molecular complexity index is 463. The minimum Gasteiger partial charge on any atom is -0.396 e. The van der Waals surface area contributed by atoms with Gasteiger partial charge in [-0.3, -0.25) is 0 Å². The summed E-state index contributed by atoms with van der Waals surface area (Å²) < 4.78 is 0. The van der Waals surface area contributed by atoms with Gasteiger partial charge in [0, 0.05) is 31.9 Å². The predicted octanol–water partition coefficient (Wildman–Crippen LogP) is 2.07.